The SMILES string of the molecule is CCOC(=O)C(C)Cc1ccc(SC)cc1. The van der Waals surface area contributed by atoms with Gasteiger partial charge in [0.2, 0.25) is 0 Å². The summed E-state index contributed by atoms with van der Waals surface area (Å²) in [6.07, 6.45) is 2.80. The Bertz CT molecular complexity index is 332. The Balaban J connectivity index is 2.55. The molecule has 88 valence electrons. The average Bonchev–Trinajstić information content (AvgIpc) is 2.30. The Morgan fingerprint density at radius 2 is 2.00 bits per heavy atom. The van der Waals surface area contributed by atoms with Crippen LogP contribution in [0.3, 0.4) is 0 Å². The molecule has 0 spiro atoms. The van der Waals surface area contributed by atoms with Gasteiger partial charge in [0.15, 0.2) is 0 Å². The molecule has 0 aliphatic carbocycles. The first-order valence-corrected chi connectivity index (χ1v) is 6.69. The molecule has 0 heterocycles. The van der Waals surface area contributed by atoms with Crippen molar-refractivity contribution in [3.63, 3.8) is 0 Å². The van der Waals surface area contributed by atoms with Gasteiger partial charge in [-0.2, -0.15) is 0 Å². The van der Waals surface area contributed by atoms with Crippen LogP contribution < -0.4 is 0 Å². The molecule has 16 heavy (non-hydrogen) atoms. The maximum atomic E-state index is 11.4. The molecular formula is C13H18O2S. The highest BCUT2D eigenvalue weighted by molar-refractivity contribution is 7.98. The standard InChI is InChI=1S/C13H18O2S/c1-4-15-13(14)10(2)9-11-5-7-12(16-3)8-6-11/h5-8,10H,4,9H2,1-3H3. The van der Waals surface area contributed by atoms with Crippen LogP contribution in [0.2, 0.25) is 0 Å². The van der Waals surface area contributed by atoms with Gasteiger partial charge in [-0.15, -0.1) is 11.8 Å². The van der Waals surface area contributed by atoms with E-state index in [9.17, 15) is 4.79 Å². The van der Waals surface area contributed by atoms with E-state index in [0.29, 0.717) is 6.61 Å². The highest BCUT2D eigenvalue weighted by Gasteiger charge is 2.14. The summed E-state index contributed by atoms with van der Waals surface area (Å²) in [5.74, 6) is -0.184. The van der Waals surface area contributed by atoms with Crippen molar-refractivity contribution in [2.75, 3.05) is 12.9 Å². The van der Waals surface area contributed by atoms with Crippen molar-refractivity contribution < 1.29 is 9.53 Å². The molecule has 1 aromatic carbocycles. The number of benzene rings is 1. The van der Waals surface area contributed by atoms with Crippen molar-refractivity contribution in [3.05, 3.63) is 29.8 Å². The maximum absolute atomic E-state index is 11.4. The minimum Gasteiger partial charge on any atom is -0.466 e. The normalized spacial score (nSPS) is 12.2. The number of ether oxygens (including phenoxy) is 1. The topological polar surface area (TPSA) is 26.3 Å². The molecule has 0 amide bonds. The van der Waals surface area contributed by atoms with Gasteiger partial charge < -0.3 is 4.74 Å². The van der Waals surface area contributed by atoms with Gasteiger partial charge in [0.05, 0.1) is 12.5 Å². The van der Waals surface area contributed by atoms with Crippen molar-refractivity contribution in [3.8, 4) is 0 Å². The lowest BCUT2D eigenvalue weighted by atomic mass is 10.0. The third-order valence-electron chi connectivity index (χ3n) is 2.39. The molecule has 1 rings (SSSR count). The smallest absolute Gasteiger partial charge is 0.308 e. The molecule has 1 unspecified atom stereocenters. The lowest BCUT2D eigenvalue weighted by molar-refractivity contribution is -0.147. The van der Waals surface area contributed by atoms with Gasteiger partial charge in [-0.3, -0.25) is 4.79 Å². The number of carbonyl (C=O) groups excluding carboxylic acids is 1. The minimum absolute atomic E-state index is 0.0694. The van der Waals surface area contributed by atoms with Crippen LogP contribution >= 0.6 is 11.8 Å². The van der Waals surface area contributed by atoms with Crippen LogP contribution in [-0.2, 0) is 16.0 Å². The van der Waals surface area contributed by atoms with Crippen LogP contribution in [0.5, 0.6) is 0 Å². The molecular weight excluding hydrogens is 220 g/mol. The van der Waals surface area contributed by atoms with E-state index in [1.165, 1.54) is 10.5 Å². The van der Waals surface area contributed by atoms with Crippen LogP contribution in [0.25, 0.3) is 0 Å². The third kappa shape index (κ3) is 3.89. The van der Waals surface area contributed by atoms with E-state index in [4.69, 9.17) is 4.74 Å². The summed E-state index contributed by atoms with van der Waals surface area (Å²) in [7, 11) is 0. The van der Waals surface area contributed by atoms with E-state index < -0.39 is 0 Å². The lowest BCUT2D eigenvalue weighted by Crippen LogP contribution is -2.16. The van der Waals surface area contributed by atoms with E-state index in [1.807, 2.05) is 13.8 Å². The summed E-state index contributed by atoms with van der Waals surface area (Å²) in [6, 6.07) is 8.30. The molecule has 3 heteroatoms. The highest BCUT2D eigenvalue weighted by Crippen LogP contribution is 2.17. The monoisotopic (exact) mass is 238 g/mol. The fraction of sp³-hybridized carbons (Fsp3) is 0.462. The quantitative estimate of drug-likeness (QED) is 0.582. The Kier molecular flexibility index (Phi) is 5.39. The van der Waals surface area contributed by atoms with E-state index >= 15 is 0 Å². The molecule has 1 aromatic rings. The van der Waals surface area contributed by atoms with E-state index in [0.717, 1.165) is 6.42 Å². The largest absolute Gasteiger partial charge is 0.466 e. The Morgan fingerprint density at radius 1 is 1.38 bits per heavy atom. The van der Waals surface area contributed by atoms with Gasteiger partial charge in [-0.1, -0.05) is 19.1 Å². The predicted octanol–water partition coefficient (Wildman–Crippen LogP) is 3.15. The van der Waals surface area contributed by atoms with E-state index in [-0.39, 0.29) is 11.9 Å². The molecule has 0 bridgehead atoms. The van der Waals surface area contributed by atoms with Crippen molar-refractivity contribution in [2.24, 2.45) is 5.92 Å². The number of esters is 1. The number of hydrogen-bond acceptors (Lipinski definition) is 3. The summed E-state index contributed by atoms with van der Waals surface area (Å²) in [5, 5.41) is 0. The molecule has 0 fully saturated rings. The van der Waals surface area contributed by atoms with Crippen LogP contribution in [0.15, 0.2) is 29.2 Å². The van der Waals surface area contributed by atoms with Gasteiger partial charge >= 0.3 is 5.97 Å². The summed E-state index contributed by atoms with van der Waals surface area (Å²) < 4.78 is 4.98. The molecule has 0 aliphatic heterocycles. The van der Waals surface area contributed by atoms with Crippen molar-refractivity contribution in [2.45, 2.75) is 25.2 Å². The van der Waals surface area contributed by atoms with Crippen LogP contribution in [0.1, 0.15) is 19.4 Å². The zero-order valence-corrected chi connectivity index (χ0v) is 10.8. The second-order valence-electron chi connectivity index (χ2n) is 3.71. The van der Waals surface area contributed by atoms with Gasteiger partial charge in [-0.25, -0.2) is 0 Å². The fourth-order valence-corrected chi connectivity index (χ4v) is 1.89. The zero-order chi connectivity index (χ0) is 12.0. The van der Waals surface area contributed by atoms with Crippen LogP contribution in [-0.4, -0.2) is 18.8 Å². The maximum Gasteiger partial charge on any atom is 0.308 e. The molecule has 0 saturated heterocycles. The Morgan fingerprint density at radius 3 is 2.50 bits per heavy atom. The minimum atomic E-state index is -0.114. The van der Waals surface area contributed by atoms with Crippen molar-refractivity contribution in [1.82, 2.24) is 0 Å². The van der Waals surface area contributed by atoms with Gasteiger partial charge in [0.25, 0.3) is 0 Å². The first-order chi connectivity index (χ1) is 7.67. The number of carbonyl (C=O) groups is 1. The molecule has 0 saturated carbocycles. The highest BCUT2D eigenvalue weighted by atomic mass is 32.2. The van der Waals surface area contributed by atoms with E-state index in [2.05, 4.69) is 30.5 Å². The molecule has 2 nitrogen and oxygen atoms in total. The molecule has 1 atom stereocenters. The summed E-state index contributed by atoms with van der Waals surface area (Å²) in [6.45, 7) is 4.19. The molecule has 0 aliphatic rings. The predicted molar refractivity (Wildman–Crippen MR) is 67.7 cm³/mol. The zero-order valence-electron chi connectivity index (χ0n) is 10.0. The fourth-order valence-electron chi connectivity index (χ4n) is 1.48. The summed E-state index contributed by atoms with van der Waals surface area (Å²) in [4.78, 5) is 12.7. The van der Waals surface area contributed by atoms with Crippen molar-refractivity contribution >= 4 is 17.7 Å². The molecule has 0 aromatic heterocycles. The van der Waals surface area contributed by atoms with E-state index in [1.54, 1.807) is 11.8 Å². The number of rotatable bonds is 5. The summed E-state index contributed by atoms with van der Waals surface area (Å²) >= 11 is 1.72. The van der Waals surface area contributed by atoms with Gasteiger partial charge in [0, 0.05) is 4.90 Å². The average molecular weight is 238 g/mol. The number of hydrogen-bond donors (Lipinski definition) is 0. The van der Waals surface area contributed by atoms with Crippen LogP contribution in [0, 0.1) is 5.92 Å². The molecule has 0 radical (unpaired) electrons. The lowest BCUT2D eigenvalue weighted by Gasteiger charge is -2.10. The van der Waals surface area contributed by atoms with Gasteiger partial charge in [0.1, 0.15) is 0 Å². The second kappa shape index (κ2) is 6.59. The molecule has 0 N–H and O–H groups in total. The number of thioether (sulfide) groups is 1. The summed E-state index contributed by atoms with van der Waals surface area (Å²) in [5.41, 5.74) is 1.18. The first kappa shape index (κ1) is 13.1. The Hall–Kier alpha value is -0.960. The Labute approximate surface area is 101 Å². The van der Waals surface area contributed by atoms with Gasteiger partial charge in [-0.05, 0) is 37.3 Å². The first-order valence-electron chi connectivity index (χ1n) is 5.47. The second-order valence-corrected chi connectivity index (χ2v) is 4.58. The third-order valence-corrected chi connectivity index (χ3v) is 3.13. The van der Waals surface area contributed by atoms with Crippen LogP contribution in [0.4, 0.5) is 0 Å². The van der Waals surface area contributed by atoms with Crippen molar-refractivity contribution in [1.29, 1.82) is 0 Å².